The number of para-hydroxylation sites is 1. The Hall–Kier alpha value is -2.59. The van der Waals surface area contributed by atoms with E-state index < -0.39 is 0 Å². The van der Waals surface area contributed by atoms with Crippen LogP contribution in [0.4, 0.5) is 23.3 Å². The molecule has 2 N–H and O–H groups in total. The maximum atomic E-state index is 12.4. The molecule has 1 aromatic heterocycles. The van der Waals surface area contributed by atoms with Gasteiger partial charge >= 0.3 is 0 Å². The summed E-state index contributed by atoms with van der Waals surface area (Å²) >= 11 is 13.3. The number of hydrogen-bond acceptors (Lipinski definition) is 8. The number of benzene rings is 2. The lowest BCUT2D eigenvalue weighted by Gasteiger charge is -2.27. The number of aromatic nitrogens is 3. The molecule has 1 fully saturated rings. The van der Waals surface area contributed by atoms with Crippen LogP contribution in [0.1, 0.15) is 0 Å². The predicted molar refractivity (Wildman–Crippen MR) is 128 cm³/mol. The molecule has 4 rings (SSSR count). The van der Waals surface area contributed by atoms with Crippen LogP contribution < -0.4 is 15.5 Å². The quantitative estimate of drug-likeness (QED) is 0.468. The fourth-order valence-corrected chi connectivity index (χ4v) is 4.01. The number of amides is 1. The average molecular weight is 491 g/mol. The summed E-state index contributed by atoms with van der Waals surface area (Å²) in [5.74, 6) is 0.836. The van der Waals surface area contributed by atoms with Gasteiger partial charge in [-0.2, -0.15) is 15.0 Å². The number of rotatable bonds is 7. The first kappa shape index (κ1) is 22.6. The predicted octanol–water partition coefficient (Wildman–Crippen LogP) is 4.49. The number of ether oxygens (including phenoxy) is 1. The van der Waals surface area contributed by atoms with E-state index in [1.165, 1.54) is 11.8 Å². The highest BCUT2D eigenvalue weighted by Gasteiger charge is 2.18. The molecular weight excluding hydrogens is 471 g/mol. The normalized spacial score (nSPS) is 13.6. The second-order valence-electron chi connectivity index (χ2n) is 6.79. The maximum Gasteiger partial charge on any atom is 0.234 e. The van der Waals surface area contributed by atoms with Crippen LogP contribution in [0.25, 0.3) is 0 Å². The van der Waals surface area contributed by atoms with Gasteiger partial charge in [0.1, 0.15) is 0 Å². The molecule has 3 aromatic rings. The zero-order valence-electron chi connectivity index (χ0n) is 16.9. The topological polar surface area (TPSA) is 92.3 Å². The second kappa shape index (κ2) is 10.8. The molecule has 1 saturated heterocycles. The summed E-state index contributed by atoms with van der Waals surface area (Å²) in [4.78, 5) is 28.1. The molecule has 166 valence electrons. The number of halogens is 2. The highest BCUT2D eigenvalue weighted by atomic mass is 35.5. The zero-order valence-corrected chi connectivity index (χ0v) is 19.3. The number of nitrogens with one attached hydrogen (secondary N) is 2. The first-order valence-electron chi connectivity index (χ1n) is 9.85. The van der Waals surface area contributed by atoms with Gasteiger partial charge in [0.05, 0.1) is 29.7 Å². The van der Waals surface area contributed by atoms with Crippen molar-refractivity contribution in [1.29, 1.82) is 0 Å². The van der Waals surface area contributed by atoms with Crippen LogP contribution in [0, 0.1) is 0 Å². The molecule has 0 saturated carbocycles. The van der Waals surface area contributed by atoms with Crippen molar-refractivity contribution < 1.29 is 9.53 Å². The van der Waals surface area contributed by atoms with E-state index in [1.807, 2.05) is 35.2 Å². The van der Waals surface area contributed by atoms with Crippen LogP contribution >= 0.6 is 35.0 Å². The van der Waals surface area contributed by atoms with Gasteiger partial charge in [0.15, 0.2) is 5.16 Å². The Balaban J connectivity index is 1.48. The van der Waals surface area contributed by atoms with Gasteiger partial charge in [0, 0.05) is 23.8 Å². The molecule has 1 amide bonds. The van der Waals surface area contributed by atoms with Crippen LogP contribution in [-0.4, -0.2) is 52.9 Å². The summed E-state index contributed by atoms with van der Waals surface area (Å²) in [7, 11) is 0. The molecule has 1 aliphatic heterocycles. The van der Waals surface area contributed by atoms with Gasteiger partial charge < -0.3 is 20.3 Å². The minimum absolute atomic E-state index is 0.107. The number of thioether (sulfide) groups is 1. The minimum atomic E-state index is -0.231. The summed E-state index contributed by atoms with van der Waals surface area (Å²) in [6, 6.07) is 14.5. The monoisotopic (exact) mass is 490 g/mol. The molecule has 0 unspecified atom stereocenters. The van der Waals surface area contributed by atoms with E-state index in [1.54, 1.807) is 18.2 Å². The highest BCUT2D eigenvalue weighted by Crippen LogP contribution is 2.26. The molecule has 11 heteroatoms. The molecule has 0 radical (unpaired) electrons. The van der Waals surface area contributed by atoms with Crippen LogP contribution in [0.2, 0.25) is 10.0 Å². The number of morpholine rings is 1. The van der Waals surface area contributed by atoms with Gasteiger partial charge in [-0.3, -0.25) is 4.79 Å². The molecular formula is C21H20Cl2N6O2S. The van der Waals surface area contributed by atoms with E-state index in [9.17, 15) is 4.79 Å². The molecule has 2 aromatic carbocycles. The molecule has 2 heterocycles. The third kappa shape index (κ3) is 6.23. The Bertz CT molecular complexity index is 1080. The standard InChI is InChI=1S/C21H20Cl2N6O2S/c22-14-6-7-17(16(23)12-14)25-18(30)13-32-21-27-19(24-15-4-2-1-3-5-15)26-20(28-21)29-8-10-31-11-9-29/h1-7,12H,8-11,13H2,(H,25,30)(H,24,26,27,28). The number of anilines is 4. The van der Waals surface area contributed by atoms with E-state index in [4.69, 9.17) is 27.9 Å². The van der Waals surface area contributed by atoms with Crippen LogP contribution in [0.3, 0.4) is 0 Å². The van der Waals surface area contributed by atoms with Crippen molar-refractivity contribution in [2.24, 2.45) is 0 Å². The highest BCUT2D eigenvalue weighted by molar-refractivity contribution is 7.99. The Morgan fingerprint density at radius 1 is 1.06 bits per heavy atom. The fraction of sp³-hybridized carbons (Fsp3) is 0.238. The number of nitrogens with zero attached hydrogens (tertiary/aromatic N) is 4. The Kier molecular flexibility index (Phi) is 7.64. The molecule has 1 aliphatic rings. The molecule has 0 atom stereocenters. The van der Waals surface area contributed by atoms with Gasteiger partial charge in [-0.05, 0) is 30.3 Å². The largest absolute Gasteiger partial charge is 0.378 e. The van der Waals surface area contributed by atoms with E-state index in [0.29, 0.717) is 59.1 Å². The smallest absolute Gasteiger partial charge is 0.234 e. The summed E-state index contributed by atoms with van der Waals surface area (Å²) in [6.07, 6.45) is 0. The lowest BCUT2D eigenvalue weighted by molar-refractivity contribution is -0.113. The maximum absolute atomic E-state index is 12.4. The lowest BCUT2D eigenvalue weighted by Crippen LogP contribution is -2.37. The van der Waals surface area contributed by atoms with Crippen molar-refractivity contribution in [1.82, 2.24) is 15.0 Å². The van der Waals surface area contributed by atoms with Gasteiger partial charge in [-0.15, -0.1) is 0 Å². The van der Waals surface area contributed by atoms with Gasteiger partial charge in [0.2, 0.25) is 17.8 Å². The van der Waals surface area contributed by atoms with Crippen molar-refractivity contribution >= 4 is 64.1 Å². The molecule has 32 heavy (non-hydrogen) atoms. The Morgan fingerprint density at radius 3 is 2.59 bits per heavy atom. The van der Waals surface area contributed by atoms with Crippen molar-refractivity contribution in [3.8, 4) is 0 Å². The fourth-order valence-electron chi connectivity index (χ4n) is 2.93. The van der Waals surface area contributed by atoms with E-state index >= 15 is 0 Å². The SMILES string of the molecule is O=C(CSc1nc(Nc2ccccc2)nc(N2CCOCC2)n1)Nc1ccc(Cl)cc1Cl. The minimum Gasteiger partial charge on any atom is -0.378 e. The van der Waals surface area contributed by atoms with Gasteiger partial charge in [0.25, 0.3) is 0 Å². The lowest BCUT2D eigenvalue weighted by atomic mass is 10.3. The summed E-state index contributed by atoms with van der Waals surface area (Å²) in [5, 5.41) is 7.29. The van der Waals surface area contributed by atoms with Crippen molar-refractivity contribution in [2.75, 3.05) is 47.6 Å². The summed E-state index contributed by atoms with van der Waals surface area (Å²) < 4.78 is 5.42. The summed E-state index contributed by atoms with van der Waals surface area (Å²) in [6.45, 7) is 2.60. The third-order valence-corrected chi connectivity index (χ3v) is 5.86. The first-order chi connectivity index (χ1) is 15.6. The number of hydrogen-bond donors (Lipinski definition) is 2. The van der Waals surface area contributed by atoms with E-state index in [2.05, 4.69) is 25.6 Å². The van der Waals surface area contributed by atoms with Crippen LogP contribution in [0.5, 0.6) is 0 Å². The molecule has 8 nitrogen and oxygen atoms in total. The van der Waals surface area contributed by atoms with Gasteiger partial charge in [-0.25, -0.2) is 0 Å². The molecule has 0 spiro atoms. The molecule has 0 aliphatic carbocycles. The van der Waals surface area contributed by atoms with Crippen LogP contribution in [-0.2, 0) is 9.53 Å². The third-order valence-electron chi connectivity index (χ3n) is 4.46. The number of carbonyl (C=O) groups is 1. The van der Waals surface area contributed by atoms with Gasteiger partial charge in [-0.1, -0.05) is 53.2 Å². The van der Waals surface area contributed by atoms with Crippen LogP contribution in [0.15, 0.2) is 53.7 Å². The average Bonchev–Trinajstić information content (AvgIpc) is 2.81. The Morgan fingerprint density at radius 2 is 1.84 bits per heavy atom. The zero-order chi connectivity index (χ0) is 22.3. The van der Waals surface area contributed by atoms with Crippen molar-refractivity contribution in [3.63, 3.8) is 0 Å². The van der Waals surface area contributed by atoms with Crippen molar-refractivity contribution in [3.05, 3.63) is 58.6 Å². The first-order valence-corrected chi connectivity index (χ1v) is 11.6. The Labute approximate surface area is 199 Å². The van der Waals surface area contributed by atoms with E-state index in [0.717, 1.165) is 5.69 Å². The second-order valence-corrected chi connectivity index (χ2v) is 8.58. The summed E-state index contributed by atoms with van der Waals surface area (Å²) in [5.41, 5.74) is 1.36. The number of carbonyl (C=O) groups excluding carboxylic acids is 1. The van der Waals surface area contributed by atoms with Crippen molar-refractivity contribution in [2.45, 2.75) is 5.16 Å². The molecule has 0 bridgehead atoms. The van der Waals surface area contributed by atoms with E-state index in [-0.39, 0.29) is 11.7 Å².